The minimum Gasteiger partial charge on any atom is -0.399 e. The fourth-order valence-electron chi connectivity index (χ4n) is 2.62. The Morgan fingerprint density at radius 3 is 1.78 bits per heavy atom. The molecule has 0 radical (unpaired) electrons. The molecule has 1 aliphatic rings. The molecule has 0 bridgehead atoms. The molecule has 2 aromatic rings. The van der Waals surface area contributed by atoms with Crippen LogP contribution in [0.3, 0.4) is 0 Å². The third-order valence-corrected chi connectivity index (χ3v) is 4.74. The van der Waals surface area contributed by atoms with Crippen molar-refractivity contribution in [3.05, 3.63) is 71.8 Å². The first-order valence-corrected chi connectivity index (χ1v) is 8.07. The van der Waals surface area contributed by atoms with Crippen LogP contribution in [0.4, 0.5) is 0 Å². The van der Waals surface area contributed by atoms with Crippen LogP contribution in [0.5, 0.6) is 0 Å². The van der Waals surface area contributed by atoms with E-state index in [0.29, 0.717) is 0 Å². The van der Waals surface area contributed by atoms with E-state index in [0.717, 1.165) is 16.6 Å². The van der Waals surface area contributed by atoms with Crippen molar-refractivity contribution in [2.75, 3.05) is 0 Å². The summed E-state index contributed by atoms with van der Waals surface area (Å²) in [5, 5.41) is 0. The van der Waals surface area contributed by atoms with Crippen molar-refractivity contribution in [1.29, 1.82) is 0 Å². The molecule has 0 aliphatic carbocycles. The zero-order valence-electron chi connectivity index (χ0n) is 14.2. The van der Waals surface area contributed by atoms with Crippen LogP contribution in [-0.4, -0.2) is 18.3 Å². The third kappa shape index (κ3) is 3.26. The van der Waals surface area contributed by atoms with Gasteiger partial charge in [0.1, 0.15) is 0 Å². The van der Waals surface area contributed by atoms with Gasteiger partial charge < -0.3 is 9.31 Å². The molecule has 118 valence electrons. The molecule has 0 saturated carbocycles. The maximum atomic E-state index is 6.26. The van der Waals surface area contributed by atoms with Gasteiger partial charge in [-0.15, -0.1) is 0 Å². The molecule has 1 saturated heterocycles. The molecule has 0 spiro atoms. The molecule has 1 heterocycles. The summed E-state index contributed by atoms with van der Waals surface area (Å²) in [7, 11) is -0.373. The summed E-state index contributed by atoms with van der Waals surface area (Å²) >= 11 is 0. The van der Waals surface area contributed by atoms with Gasteiger partial charge in [0.25, 0.3) is 0 Å². The average molecular weight is 306 g/mol. The standard InChI is InChI=1S/C20H23BO2/c1-19(2)20(3,4)23-21(22-19)18(17-13-9-6-10-14-17)15-16-11-7-5-8-12-16/h5-15H,1-4H3/b18-15-. The summed E-state index contributed by atoms with van der Waals surface area (Å²) < 4.78 is 12.5. The molecule has 1 aliphatic heterocycles. The summed E-state index contributed by atoms with van der Waals surface area (Å²) in [6.07, 6.45) is 2.15. The topological polar surface area (TPSA) is 18.5 Å². The van der Waals surface area contributed by atoms with Crippen LogP contribution >= 0.6 is 0 Å². The summed E-state index contributed by atoms with van der Waals surface area (Å²) in [6.45, 7) is 8.33. The monoisotopic (exact) mass is 306 g/mol. The van der Waals surface area contributed by atoms with E-state index in [-0.39, 0.29) is 18.3 Å². The highest BCUT2D eigenvalue weighted by Gasteiger charge is 2.52. The highest BCUT2D eigenvalue weighted by Crippen LogP contribution is 2.40. The van der Waals surface area contributed by atoms with Gasteiger partial charge in [0.05, 0.1) is 11.2 Å². The van der Waals surface area contributed by atoms with Crippen LogP contribution in [0.25, 0.3) is 11.5 Å². The summed E-state index contributed by atoms with van der Waals surface area (Å²) in [5.41, 5.74) is 2.62. The Bertz CT molecular complexity index is 674. The van der Waals surface area contributed by atoms with Gasteiger partial charge in [-0.25, -0.2) is 0 Å². The first-order chi connectivity index (χ1) is 10.9. The minimum atomic E-state index is -0.373. The van der Waals surface area contributed by atoms with Crippen LogP contribution < -0.4 is 0 Å². The lowest BCUT2D eigenvalue weighted by Gasteiger charge is -2.32. The summed E-state index contributed by atoms with van der Waals surface area (Å²) in [5.74, 6) is 0. The second-order valence-corrected chi connectivity index (χ2v) is 6.96. The van der Waals surface area contributed by atoms with E-state index in [1.54, 1.807) is 0 Å². The van der Waals surface area contributed by atoms with Gasteiger partial charge in [0, 0.05) is 0 Å². The normalized spacial score (nSPS) is 19.8. The van der Waals surface area contributed by atoms with Crippen molar-refractivity contribution in [2.45, 2.75) is 38.9 Å². The highest BCUT2D eigenvalue weighted by atomic mass is 16.7. The maximum absolute atomic E-state index is 6.26. The molecule has 3 heteroatoms. The van der Waals surface area contributed by atoms with Crippen molar-refractivity contribution in [2.24, 2.45) is 0 Å². The molecule has 1 fully saturated rings. The van der Waals surface area contributed by atoms with Crippen molar-refractivity contribution in [3.8, 4) is 0 Å². The van der Waals surface area contributed by atoms with Gasteiger partial charge in [-0.1, -0.05) is 66.7 Å². The Hall–Kier alpha value is -1.84. The van der Waals surface area contributed by atoms with E-state index in [9.17, 15) is 0 Å². The van der Waals surface area contributed by atoms with Crippen LogP contribution in [-0.2, 0) is 9.31 Å². The van der Waals surface area contributed by atoms with Crippen molar-refractivity contribution in [1.82, 2.24) is 0 Å². The molecular formula is C20H23BO2. The van der Waals surface area contributed by atoms with Gasteiger partial charge in [-0.2, -0.15) is 0 Å². The lowest BCUT2D eigenvalue weighted by Crippen LogP contribution is -2.41. The minimum absolute atomic E-state index is 0.345. The largest absolute Gasteiger partial charge is 0.495 e. The fourth-order valence-corrected chi connectivity index (χ4v) is 2.62. The Labute approximate surface area is 139 Å². The van der Waals surface area contributed by atoms with Gasteiger partial charge in [-0.3, -0.25) is 0 Å². The summed E-state index contributed by atoms with van der Waals surface area (Å²) in [6, 6.07) is 20.6. The smallest absolute Gasteiger partial charge is 0.399 e. The Morgan fingerprint density at radius 1 is 0.783 bits per heavy atom. The van der Waals surface area contributed by atoms with E-state index < -0.39 is 0 Å². The third-order valence-electron chi connectivity index (χ3n) is 4.74. The van der Waals surface area contributed by atoms with Crippen LogP contribution in [0.1, 0.15) is 38.8 Å². The second kappa shape index (κ2) is 5.99. The zero-order valence-corrected chi connectivity index (χ0v) is 14.2. The maximum Gasteiger partial charge on any atom is 0.495 e. The van der Waals surface area contributed by atoms with Gasteiger partial charge in [0.2, 0.25) is 0 Å². The second-order valence-electron chi connectivity index (χ2n) is 6.96. The molecule has 0 aromatic heterocycles. The van der Waals surface area contributed by atoms with Gasteiger partial charge in [-0.05, 0) is 44.3 Å². The van der Waals surface area contributed by atoms with E-state index >= 15 is 0 Å². The predicted molar refractivity (Wildman–Crippen MR) is 96.8 cm³/mol. The molecule has 0 amide bonds. The van der Waals surface area contributed by atoms with Crippen LogP contribution in [0.2, 0.25) is 0 Å². The molecule has 3 rings (SSSR count). The van der Waals surface area contributed by atoms with Crippen molar-refractivity contribution in [3.63, 3.8) is 0 Å². The fraction of sp³-hybridized carbons (Fsp3) is 0.300. The van der Waals surface area contributed by atoms with Crippen LogP contribution in [0.15, 0.2) is 60.7 Å². The molecule has 0 atom stereocenters. The molecule has 0 N–H and O–H groups in total. The zero-order chi connectivity index (χ0) is 16.5. The van der Waals surface area contributed by atoms with Crippen LogP contribution in [0, 0.1) is 0 Å². The van der Waals surface area contributed by atoms with E-state index in [1.165, 1.54) is 0 Å². The van der Waals surface area contributed by atoms with E-state index in [4.69, 9.17) is 9.31 Å². The predicted octanol–water partition coefficient (Wildman–Crippen LogP) is 4.86. The Morgan fingerprint density at radius 2 is 1.26 bits per heavy atom. The lowest BCUT2D eigenvalue weighted by atomic mass is 9.73. The number of hydrogen-bond donors (Lipinski definition) is 0. The molecule has 2 aromatic carbocycles. The SMILES string of the molecule is CC1(C)OB(/C(=C\c2ccccc2)c2ccccc2)OC1(C)C. The van der Waals surface area contributed by atoms with Gasteiger partial charge >= 0.3 is 7.12 Å². The highest BCUT2D eigenvalue weighted by molar-refractivity contribution is 6.70. The Kier molecular flexibility index (Phi) is 4.18. The molecule has 2 nitrogen and oxygen atoms in total. The number of rotatable bonds is 3. The Balaban J connectivity index is 2.03. The molecule has 23 heavy (non-hydrogen) atoms. The lowest BCUT2D eigenvalue weighted by molar-refractivity contribution is 0.00578. The number of benzene rings is 2. The molecular weight excluding hydrogens is 283 g/mol. The van der Waals surface area contributed by atoms with E-state index in [1.807, 2.05) is 36.4 Å². The number of hydrogen-bond acceptors (Lipinski definition) is 2. The van der Waals surface area contributed by atoms with Crippen molar-refractivity contribution < 1.29 is 9.31 Å². The van der Waals surface area contributed by atoms with E-state index in [2.05, 4.69) is 58.0 Å². The van der Waals surface area contributed by atoms with Crippen molar-refractivity contribution >= 4 is 18.7 Å². The van der Waals surface area contributed by atoms with Gasteiger partial charge in [0.15, 0.2) is 0 Å². The average Bonchev–Trinajstić information content (AvgIpc) is 2.75. The first kappa shape index (κ1) is 16.0. The quantitative estimate of drug-likeness (QED) is 0.595. The molecule has 0 unspecified atom stereocenters. The first-order valence-electron chi connectivity index (χ1n) is 8.07. The summed E-state index contributed by atoms with van der Waals surface area (Å²) in [4.78, 5) is 0.